The van der Waals surface area contributed by atoms with Gasteiger partial charge in [-0.05, 0) is 30.3 Å². The number of amides is 2. The van der Waals surface area contributed by atoms with Crippen molar-refractivity contribution in [1.29, 1.82) is 0 Å². The molecule has 150 valence electrons. The maximum Gasteiger partial charge on any atom is 0.279 e. The third-order valence-corrected chi connectivity index (χ3v) is 4.34. The lowest BCUT2D eigenvalue weighted by molar-refractivity contribution is -0.678. The summed E-state index contributed by atoms with van der Waals surface area (Å²) >= 11 is 0. The summed E-state index contributed by atoms with van der Waals surface area (Å²) in [5, 5.41) is 7.45. The molecule has 0 radical (unpaired) electrons. The highest BCUT2D eigenvalue weighted by molar-refractivity contribution is 5.95. The number of anilines is 2. The number of carbonyl (C=O) groups is 2. The van der Waals surface area contributed by atoms with E-state index < -0.39 is 0 Å². The number of nitrogens with two attached hydrogens (primary N) is 1. The molecule has 0 aliphatic heterocycles. The molecule has 0 saturated carbocycles. The molecule has 0 aliphatic rings. The molecule has 0 spiro atoms. The quantitative estimate of drug-likeness (QED) is 0.547. The van der Waals surface area contributed by atoms with E-state index in [4.69, 9.17) is 9.15 Å². The molecule has 1 heterocycles. The maximum atomic E-state index is 12.6. The monoisotopic (exact) mass is 394 g/mol. The van der Waals surface area contributed by atoms with Gasteiger partial charge in [0, 0.05) is 18.2 Å². The Hall–Kier alpha value is -3.58. The lowest BCUT2D eigenvalue weighted by Crippen LogP contribution is -2.87. The predicted octanol–water partition coefficient (Wildman–Crippen LogP) is 2.54. The van der Waals surface area contributed by atoms with Crippen LogP contribution < -0.4 is 20.7 Å². The Morgan fingerprint density at radius 3 is 2.52 bits per heavy atom. The van der Waals surface area contributed by atoms with Gasteiger partial charge in [0.1, 0.15) is 5.75 Å². The fourth-order valence-corrected chi connectivity index (χ4v) is 3.06. The summed E-state index contributed by atoms with van der Waals surface area (Å²) < 4.78 is 10.9. The van der Waals surface area contributed by atoms with E-state index >= 15 is 0 Å². The lowest BCUT2D eigenvalue weighted by atomic mass is 10.0. The molecule has 1 aromatic heterocycles. The van der Waals surface area contributed by atoms with Gasteiger partial charge in [-0.2, -0.15) is 0 Å². The molecule has 2 aromatic carbocycles. The van der Waals surface area contributed by atoms with Gasteiger partial charge in [0.25, 0.3) is 5.91 Å². The van der Waals surface area contributed by atoms with E-state index in [1.807, 2.05) is 47.8 Å². The second-order valence-corrected chi connectivity index (χ2v) is 6.49. The first-order chi connectivity index (χ1) is 14.1. The zero-order chi connectivity index (χ0) is 20.6. The second kappa shape index (κ2) is 9.57. The average Bonchev–Trinajstić information content (AvgIpc) is 3.23. The Bertz CT molecular complexity index is 955. The summed E-state index contributed by atoms with van der Waals surface area (Å²) in [6.45, 7) is 1.60. The summed E-state index contributed by atoms with van der Waals surface area (Å²) in [7, 11) is 1.53. The van der Waals surface area contributed by atoms with E-state index in [1.165, 1.54) is 14.0 Å². The van der Waals surface area contributed by atoms with Crippen molar-refractivity contribution in [3.63, 3.8) is 0 Å². The number of methoxy groups -OCH3 is 1. The number of hydrogen-bond acceptors (Lipinski definition) is 4. The van der Waals surface area contributed by atoms with Gasteiger partial charge in [-0.15, -0.1) is 0 Å². The summed E-state index contributed by atoms with van der Waals surface area (Å²) in [6, 6.07) is 18.5. The summed E-state index contributed by atoms with van der Waals surface area (Å²) in [5.74, 6) is 0.896. The lowest BCUT2D eigenvalue weighted by Gasteiger charge is -2.15. The summed E-state index contributed by atoms with van der Waals surface area (Å²) in [5.41, 5.74) is 2.11. The van der Waals surface area contributed by atoms with Crippen LogP contribution in [-0.2, 0) is 9.59 Å². The van der Waals surface area contributed by atoms with Crippen LogP contribution in [0, 0.1) is 0 Å². The first-order valence-electron chi connectivity index (χ1n) is 9.24. The fourth-order valence-electron chi connectivity index (χ4n) is 3.06. The minimum atomic E-state index is -0.198. The van der Waals surface area contributed by atoms with Crippen LogP contribution in [0.1, 0.15) is 24.3 Å². The molecule has 4 N–H and O–H groups in total. The fraction of sp³-hybridized carbons (Fsp3) is 0.182. The highest BCUT2D eigenvalue weighted by Gasteiger charge is 2.21. The van der Waals surface area contributed by atoms with E-state index in [0.717, 1.165) is 11.3 Å². The Labute approximate surface area is 169 Å². The number of ether oxygens (including phenoxy) is 1. The third kappa shape index (κ3) is 5.46. The van der Waals surface area contributed by atoms with Crippen LogP contribution in [0.25, 0.3) is 0 Å². The minimum absolute atomic E-state index is 0.135. The van der Waals surface area contributed by atoms with Crippen LogP contribution in [0.4, 0.5) is 11.4 Å². The minimum Gasteiger partial charge on any atom is -0.495 e. The van der Waals surface area contributed by atoms with Gasteiger partial charge in [0.15, 0.2) is 18.3 Å². The zero-order valence-electron chi connectivity index (χ0n) is 16.3. The number of furan rings is 1. The van der Waals surface area contributed by atoms with Crippen molar-refractivity contribution in [1.82, 2.24) is 0 Å². The average molecular weight is 394 g/mol. The van der Waals surface area contributed by atoms with Crippen LogP contribution >= 0.6 is 0 Å². The molecule has 0 aliphatic carbocycles. The number of rotatable bonds is 8. The van der Waals surface area contributed by atoms with Crippen molar-refractivity contribution in [2.75, 3.05) is 24.3 Å². The summed E-state index contributed by atoms with van der Waals surface area (Å²) in [4.78, 5) is 23.9. The zero-order valence-corrected chi connectivity index (χ0v) is 16.3. The van der Waals surface area contributed by atoms with Crippen molar-refractivity contribution in [2.45, 2.75) is 13.0 Å². The van der Waals surface area contributed by atoms with Gasteiger partial charge >= 0.3 is 0 Å². The molecule has 0 fully saturated rings. The third-order valence-electron chi connectivity index (χ3n) is 4.34. The van der Waals surface area contributed by atoms with E-state index in [1.54, 1.807) is 24.5 Å². The normalized spacial score (nSPS) is 11.5. The van der Waals surface area contributed by atoms with Crippen LogP contribution in [0.2, 0.25) is 0 Å². The highest BCUT2D eigenvalue weighted by Crippen LogP contribution is 2.27. The van der Waals surface area contributed by atoms with Gasteiger partial charge in [0.05, 0.1) is 19.1 Å². The van der Waals surface area contributed by atoms with Crippen molar-refractivity contribution < 1.29 is 24.1 Å². The van der Waals surface area contributed by atoms with Crippen LogP contribution in [0.15, 0.2) is 71.3 Å². The molecule has 3 aromatic rings. The van der Waals surface area contributed by atoms with Crippen molar-refractivity contribution in [3.8, 4) is 5.75 Å². The Morgan fingerprint density at radius 2 is 1.86 bits per heavy atom. The molecule has 7 nitrogen and oxygen atoms in total. The number of carbonyl (C=O) groups excluding carboxylic acids is 2. The van der Waals surface area contributed by atoms with Crippen LogP contribution in [0.3, 0.4) is 0 Å². The highest BCUT2D eigenvalue weighted by atomic mass is 16.5. The SMILES string of the molecule is COc1ccc(NC(C)=O)cc1NC(=O)C[NH2+][C@H](c1ccccc1)c1ccco1. The second-order valence-electron chi connectivity index (χ2n) is 6.49. The van der Waals surface area contributed by atoms with E-state index in [9.17, 15) is 9.59 Å². The van der Waals surface area contributed by atoms with Gasteiger partial charge in [0.2, 0.25) is 5.91 Å². The van der Waals surface area contributed by atoms with Crippen molar-refractivity contribution in [2.24, 2.45) is 0 Å². The maximum absolute atomic E-state index is 12.6. The van der Waals surface area contributed by atoms with Crippen molar-refractivity contribution in [3.05, 3.63) is 78.3 Å². The molecule has 29 heavy (non-hydrogen) atoms. The van der Waals surface area contributed by atoms with E-state index in [-0.39, 0.29) is 24.4 Å². The van der Waals surface area contributed by atoms with Gasteiger partial charge in [-0.25, -0.2) is 0 Å². The molecule has 3 rings (SSSR count). The molecular formula is C22H24N3O4+. The molecule has 0 unspecified atom stereocenters. The first-order valence-corrected chi connectivity index (χ1v) is 9.24. The van der Waals surface area contributed by atoms with Gasteiger partial charge in [-0.3, -0.25) is 9.59 Å². The van der Waals surface area contributed by atoms with Crippen molar-refractivity contribution >= 4 is 23.2 Å². The molecule has 0 bridgehead atoms. The van der Waals surface area contributed by atoms with Gasteiger partial charge in [-0.1, -0.05) is 30.3 Å². The predicted molar refractivity (Wildman–Crippen MR) is 110 cm³/mol. The smallest absolute Gasteiger partial charge is 0.279 e. The van der Waals surface area contributed by atoms with Crippen LogP contribution in [0.5, 0.6) is 5.75 Å². The van der Waals surface area contributed by atoms with E-state index in [2.05, 4.69) is 10.6 Å². The number of quaternary nitrogens is 1. The number of benzene rings is 2. The first kappa shape index (κ1) is 20.2. The Morgan fingerprint density at radius 1 is 1.07 bits per heavy atom. The molecule has 0 saturated heterocycles. The molecule has 7 heteroatoms. The molecule has 1 atom stereocenters. The Balaban J connectivity index is 1.70. The standard InChI is InChI=1S/C22H23N3O4/c1-15(26)24-17-10-11-19(28-2)18(13-17)25-21(27)14-23-22(20-9-6-12-29-20)16-7-4-3-5-8-16/h3-13,22-23H,14H2,1-2H3,(H,24,26)(H,25,27)/p+1/t22-/m1/s1. The topological polar surface area (TPSA) is 97.2 Å². The Kier molecular flexibility index (Phi) is 6.65. The molecular weight excluding hydrogens is 370 g/mol. The van der Waals surface area contributed by atoms with E-state index in [0.29, 0.717) is 17.1 Å². The number of nitrogens with one attached hydrogen (secondary N) is 2. The van der Waals surface area contributed by atoms with Gasteiger partial charge < -0.3 is 25.1 Å². The largest absolute Gasteiger partial charge is 0.495 e. The molecule has 2 amide bonds. The van der Waals surface area contributed by atoms with Crippen LogP contribution in [-0.4, -0.2) is 25.5 Å². The summed E-state index contributed by atoms with van der Waals surface area (Å²) in [6.07, 6.45) is 1.62. The number of hydrogen-bond donors (Lipinski definition) is 3.